The van der Waals surface area contributed by atoms with Crippen LogP contribution in [-0.2, 0) is 0 Å². The second-order valence-electron chi connectivity index (χ2n) is 3.16. The molecule has 1 atom stereocenters. The molecule has 1 heterocycles. The van der Waals surface area contributed by atoms with E-state index in [2.05, 4.69) is 6.92 Å². The summed E-state index contributed by atoms with van der Waals surface area (Å²) in [5.41, 5.74) is 0.700. The molecule has 0 radical (unpaired) electrons. The molecule has 0 fully saturated rings. The molecule has 0 bridgehead atoms. The molecular formula is C10H15NO2. The molecule has 0 spiro atoms. The third-order valence-corrected chi connectivity index (χ3v) is 2.01. The summed E-state index contributed by atoms with van der Waals surface area (Å²) in [4.78, 5) is 0. The Hall–Kier alpha value is -1.09. The van der Waals surface area contributed by atoms with E-state index in [0.717, 1.165) is 19.3 Å². The quantitative estimate of drug-likeness (QED) is 0.565. The first-order valence-electron chi connectivity index (χ1n) is 4.61. The third-order valence-electron chi connectivity index (χ3n) is 2.01. The number of hydrogen-bond donors (Lipinski definition) is 1. The minimum absolute atomic E-state index is 0.499. The van der Waals surface area contributed by atoms with Gasteiger partial charge in [0.2, 0.25) is 0 Å². The lowest BCUT2D eigenvalue weighted by molar-refractivity contribution is -0.606. The molecule has 0 aliphatic carbocycles. The Morgan fingerprint density at radius 3 is 3.00 bits per heavy atom. The van der Waals surface area contributed by atoms with E-state index in [1.807, 2.05) is 0 Å². The van der Waals surface area contributed by atoms with E-state index in [4.69, 9.17) is 0 Å². The van der Waals surface area contributed by atoms with Gasteiger partial charge in [-0.15, -0.1) is 0 Å². The number of hydrogen-bond acceptors (Lipinski definition) is 2. The molecule has 1 N–H and O–H groups in total. The summed E-state index contributed by atoms with van der Waals surface area (Å²) in [7, 11) is 0. The molecule has 1 aromatic heterocycles. The monoisotopic (exact) mass is 181 g/mol. The van der Waals surface area contributed by atoms with Crippen molar-refractivity contribution in [2.45, 2.75) is 32.3 Å². The van der Waals surface area contributed by atoms with Crippen molar-refractivity contribution in [2.24, 2.45) is 0 Å². The lowest BCUT2D eigenvalue weighted by atomic mass is 10.1. The molecule has 3 nitrogen and oxygen atoms in total. The average molecular weight is 181 g/mol. The summed E-state index contributed by atoms with van der Waals surface area (Å²) < 4.78 is 0.713. The zero-order valence-electron chi connectivity index (χ0n) is 7.81. The maximum absolute atomic E-state index is 10.9. The molecule has 1 rings (SSSR count). The smallest absolute Gasteiger partial charge is 0.186 e. The normalized spacial score (nSPS) is 12.8. The number of aliphatic hydroxyl groups is 1. The summed E-state index contributed by atoms with van der Waals surface area (Å²) in [6.07, 6.45) is 5.09. The third kappa shape index (κ3) is 3.03. The zero-order chi connectivity index (χ0) is 9.68. The molecular weight excluding hydrogens is 166 g/mol. The predicted molar refractivity (Wildman–Crippen MR) is 49.9 cm³/mol. The summed E-state index contributed by atoms with van der Waals surface area (Å²) in [6.45, 7) is 2.07. The second kappa shape index (κ2) is 4.82. The van der Waals surface area contributed by atoms with Crippen LogP contribution in [0.3, 0.4) is 0 Å². The SMILES string of the molecule is CCCCC(O)c1ccc[n+]([O-])c1. The van der Waals surface area contributed by atoms with Crippen molar-refractivity contribution < 1.29 is 9.84 Å². The van der Waals surface area contributed by atoms with Crippen molar-refractivity contribution in [3.63, 3.8) is 0 Å². The standard InChI is InChI=1S/C10H15NO2/c1-2-3-6-10(12)9-5-4-7-11(13)8-9/h4-5,7-8,10,12H,2-3,6H2,1H3. The molecule has 72 valence electrons. The Kier molecular flexibility index (Phi) is 3.71. The van der Waals surface area contributed by atoms with Crippen molar-refractivity contribution in [1.29, 1.82) is 0 Å². The number of aliphatic hydroxyl groups excluding tert-OH is 1. The minimum Gasteiger partial charge on any atom is -0.619 e. The molecule has 0 saturated heterocycles. The van der Waals surface area contributed by atoms with Gasteiger partial charge >= 0.3 is 0 Å². The molecule has 0 aliphatic heterocycles. The van der Waals surface area contributed by atoms with Gasteiger partial charge in [0.05, 0.1) is 6.10 Å². The van der Waals surface area contributed by atoms with Crippen molar-refractivity contribution >= 4 is 0 Å². The number of unbranched alkanes of at least 4 members (excludes halogenated alkanes) is 1. The Labute approximate surface area is 78.2 Å². The highest BCUT2D eigenvalue weighted by atomic mass is 16.5. The van der Waals surface area contributed by atoms with Crippen LogP contribution < -0.4 is 4.73 Å². The van der Waals surface area contributed by atoms with Crippen molar-refractivity contribution in [2.75, 3.05) is 0 Å². The van der Waals surface area contributed by atoms with E-state index in [0.29, 0.717) is 10.3 Å². The van der Waals surface area contributed by atoms with Gasteiger partial charge in [0.1, 0.15) is 0 Å². The number of pyridine rings is 1. The second-order valence-corrected chi connectivity index (χ2v) is 3.16. The molecule has 13 heavy (non-hydrogen) atoms. The van der Waals surface area contributed by atoms with Crippen molar-refractivity contribution in [3.8, 4) is 0 Å². The summed E-state index contributed by atoms with van der Waals surface area (Å²) >= 11 is 0. The lowest BCUT2D eigenvalue weighted by Gasteiger charge is -2.08. The Morgan fingerprint density at radius 1 is 1.62 bits per heavy atom. The Balaban J connectivity index is 2.60. The molecule has 0 aromatic carbocycles. The first kappa shape index (κ1) is 9.99. The van der Waals surface area contributed by atoms with Crippen molar-refractivity contribution in [3.05, 3.63) is 35.3 Å². The molecule has 0 amide bonds. The van der Waals surface area contributed by atoms with Crippen LogP contribution >= 0.6 is 0 Å². The van der Waals surface area contributed by atoms with Gasteiger partial charge in [-0.1, -0.05) is 19.8 Å². The van der Waals surface area contributed by atoms with Gasteiger partial charge in [0.15, 0.2) is 12.4 Å². The Morgan fingerprint density at radius 2 is 2.38 bits per heavy atom. The van der Waals surface area contributed by atoms with Crippen LogP contribution in [0.5, 0.6) is 0 Å². The largest absolute Gasteiger partial charge is 0.619 e. The summed E-state index contributed by atoms with van der Waals surface area (Å²) in [6, 6.07) is 3.42. The van der Waals surface area contributed by atoms with E-state index in [1.54, 1.807) is 12.1 Å². The van der Waals surface area contributed by atoms with Gasteiger partial charge < -0.3 is 10.3 Å². The van der Waals surface area contributed by atoms with E-state index >= 15 is 0 Å². The fourth-order valence-electron chi connectivity index (χ4n) is 1.23. The molecule has 0 aliphatic rings. The summed E-state index contributed by atoms with van der Waals surface area (Å²) in [5, 5.41) is 20.5. The average Bonchev–Trinajstić information content (AvgIpc) is 2.14. The Bertz CT molecular complexity index is 263. The van der Waals surface area contributed by atoms with Gasteiger partial charge in [-0.3, -0.25) is 0 Å². The minimum atomic E-state index is -0.499. The highest BCUT2D eigenvalue weighted by Gasteiger charge is 2.08. The zero-order valence-corrected chi connectivity index (χ0v) is 7.81. The molecule has 3 heteroatoms. The summed E-state index contributed by atoms with van der Waals surface area (Å²) in [5.74, 6) is 0. The highest BCUT2D eigenvalue weighted by molar-refractivity contribution is 5.08. The van der Waals surface area contributed by atoms with Crippen LogP contribution in [0.25, 0.3) is 0 Å². The maximum atomic E-state index is 10.9. The predicted octanol–water partition coefficient (Wildman–Crippen LogP) is 1.54. The van der Waals surface area contributed by atoms with E-state index < -0.39 is 6.10 Å². The molecule has 1 unspecified atom stereocenters. The van der Waals surface area contributed by atoms with Crippen LogP contribution in [0.2, 0.25) is 0 Å². The first-order chi connectivity index (χ1) is 6.24. The van der Waals surface area contributed by atoms with Gasteiger partial charge in [0.25, 0.3) is 0 Å². The fourth-order valence-corrected chi connectivity index (χ4v) is 1.23. The molecule has 0 saturated carbocycles. The lowest BCUT2D eigenvalue weighted by Crippen LogP contribution is -2.25. The molecule has 1 aromatic rings. The van der Waals surface area contributed by atoms with E-state index in [9.17, 15) is 10.3 Å². The van der Waals surface area contributed by atoms with Gasteiger partial charge in [-0.25, -0.2) is 0 Å². The van der Waals surface area contributed by atoms with Crippen LogP contribution in [-0.4, -0.2) is 5.11 Å². The van der Waals surface area contributed by atoms with Crippen molar-refractivity contribution in [1.82, 2.24) is 0 Å². The number of aromatic nitrogens is 1. The van der Waals surface area contributed by atoms with Crippen LogP contribution in [0.4, 0.5) is 0 Å². The maximum Gasteiger partial charge on any atom is 0.186 e. The van der Waals surface area contributed by atoms with E-state index in [-0.39, 0.29) is 0 Å². The van der Waals surface area contributed by atoms with Gasteiger partial charge in [-0.2, -0.15) is 4.73 Å². The van der Waals surface area contributed by atoms with Crippen LogP contribution in [0, 0.1) is 5.21 Å². The van der Waals surface area contributed by atoms with Gasteiger partial charge in [-0.05, 0) is 12.5 Å². The fraction of sp³-hybridized carbons (Fsp3) is 0.500. The van der Waals surface area contributed by atoms with E-state index in [1.165, 1.54) is 12.4 Å². The number of rotatable bonds is 4. The first-order valence-corrected chi connectivity index (χ1v) is 4.61. The highest BCUT2D eigenvalue weighted by Crippen LogP contribution is 2.16. The number of nitrogens with zero attached hydrogens (tertiary/aromatic N) is 1. The topological polar surface area (TPSA) is 47.2 Å². The van der Waals surface area contributed by atoms with Gasteiger partial charge in [0, 0.05) is 11.6 Å². The van der Waals surface area contributed by atoms with Crippen LogP contribution in [0.1, 0.15) is 37.9 Å². The van der Waals surface area contributed by atoms with Crippen LogP contribution in [0.15, 0.2) is 24.5 Å².